The van der Waals surface area contributed by atoms with Crippen LogP contribution in [0.3, 0.4) is 0 Å². The number of rotatable bonds is 2. The summed E-state index contributed by atoms with van der Waals surface area (Å²) in [5, 5.41) is 4.41. The molecule has 0 amide bonds. The van der Waals surface area contributed by atoms with E-state index in [2.05, 4.69) is 10.3 Å². The van der Waals surface area contributed by atoms with Crippen molar-refractivity contribution in [2.24, 2.45) is 0 Å². The third-order valence-electron chi connectivity index (χ3n) is 2.32. The van der Waals surface area contributed by atoms with Gasteiger partial charge in [-0.25, -0.2) is 4.98 Å². The summed E-state index contributed by atoms with van der Waals surface area (Å²) in [7, 11) is 5.71. The lowest BCUT2D eigenvalue weighted by Gasteiger charge is -1.94. The Balaban J connectivity index is 2.01. The molecule has 0 saturated heterocycles. The predicted octanol–water partition coefficient (Wildman–Crippen LogP) is 1.66. The van der Waals surface area contributed by atoms with Gasteiger partial charge in [0, 0.05) is 6.04 Å². The Hall–Kier alpha value is -1.03. The van der Waals surface area contributed by atoms with Crippen molar-refractivity contribution in [2.45, 2.75) is 18.9 Å². The number of benzene rings is 1. The number of nitrogens with one attached hydrogen (secondary N) is 1. The SMILES string of the molecule is [B]c1ccc2nc(NC3CC3)sc2c1. The molecule has 68 valence electrons. The van der Waals surface area contributed by atoms with Gasteiger partial charge in [0.15, 0.2) is 5.13 Å². The highest BCUT2D eigenvalue weighted by Crippen LogP contribution is 2.30. The standard InChI is InChI=1S/C10H9BN2S/c11-6-1-4-8-9(5-6)14-10(13-8)12-7-2-3-7/h1,4-5,7H,2-3H2,(H,12,13). The van der Waals surface area contributed by atoms with Crippen LogP contribution in [0, 0.1) is 0 Å². The number of anilines is 1. The van der Waals surface area contributed by atoms with Crippen molar-refractivity contribution in [3.05, 3.63) is 18.2 Å². The zero-order valence-electron chi connectivity index (χ0n) is 7.66. The Morgan fingerprint density at radius 2 is 2.29 bits per heavy atom. The molecule has 2 radical (unpaired) electrons. The summed E-state index contributed by atoms with van der Waals surface area (Å²) in [6.45, 7) is 0. The first-order valence-corrected chi connectivity index (χ1v) is 5.55. The molecule has 3 rings (SSSR count). The molecule has 1 N–H and O–H groups in total. The van der Waals surface area contributed by atoms with E-state index in [1.165, 1.54) is 12.8 Å². The van der Waals surface area contributed by atoms with E-state index < -0.39 is 0 Å². The molecule has 1 heterocycles. The molecular weight excluding hydrogens is 191 g/mol. The van der Waals surface area contributed by atoms with Crippen molar-refractivity contribution < 1.29 is 0 Å². The fourth-order valence-corrected chi connectivity index (χ4v) is 2.40. The minimum Gasteiger partial charge on any atom is -0.359 e. The number of hydrogen-bond donors (Lipinski definition) is 1. The molecule has 0 unspecified atom stereocenters. The summed E-state index contributed by atoms with van der Waals surface area (Å²) in [5.74, 6) is 0. The van der Waals surface area contributed by atoms with E-state index in [4.69, 9.17) is 7.85 Å². The lowest BCUT2D eigenvalue weighted by atomic mass is 9.97. The lowest BCUT2D eigenvalue weighted by Crippen LogP contribution is -1.99. The second-order valence-corrected chi connectivity index (χ2v) is 4.70. The van der Waals surface area contributed by atoms with Crippen LogP contribution in [-0.4, -0.2) is 18.9 Å². The van der Waals surface area contributed by atoms with Crippen LogP contribution in [0.25, 0.3) is 10.2 Å². The molecule has 0 spiro atoms. The maximum absolute atomic E-state index is 5.71. The third kappa shape index (κ3) is 1.50. The van der Waals surface area contributed by atoms with Gasteiger partial charge >= 0.3 is 0 Å². The topological polar surface area (TPSA) is 24.9 Å². The fourth-order valence-electron chi connectivity index (χ4n) is 1.41. The summed E-state index contributed by atoms with van der Waals surface area (Å²) < 4.78 is 1.16. The Kier molecular flexibility index (Phi) is 1.77. The van der Waals surface area contributed by atoms with E-state index in [0.29, 0.717) is 6.04 Å². The van der Waals surface area contributed by atoms with Crippen LogP contribution in [0.1, 0.15) is 12.8 Å². The fraction of sp³-hybridized carbons (Fsp3) is 0.300. The number of nitrogens with zero attached hydrogens (tertiary/aromatic N) is 1. The van der Waals surface area contributed by atoms with Gasteiger partial charge in [-0.15, -0.1) is 0 Å². The van der Waals surface area contributed by atoms with Gasteiger partial charge in [-0.3, -0.25) is 0 Å². The van der Waals surface area contributed by atoms with Gasteiger partial charge in [-0.05, 0) is 25.0 Å². The van der Waals surface area contributed by atoms with Crippen molar-refractivity contribution >= 4 is 40.0 Å². The largest absolute Gasteiger partial charge is 0.359 e. The molecule has 0 bridgehead atoms. The van der Waals surface area contributed by atoms with Crippen molar-refractivity contribution in [1.82, 2.24) is 4.98 Å². The summed E-state index contributed by atoms with van der Waals surface area (Å²) in [6, 6.07) is 6.50. The molecule has 1 aliphatic rings. The van der Waals surface area contributed by atoms with Crippen LogP contribution in [0.5, 0.6) is 0 Å². The van der Waals surface area contributed by atoms with Crippen molar-refractivity contribution in [3.63, 3.8) is 0 Å². The summed E-state index contributed by atoms with van der Waals surface area (Å²) in [4.78, 5) is 4.49. The molecule has 4 heteroatoms. The Morgan fingerprint density at radius 1 is 1.43 bits per heavy atom. The smallest absolute Gasteiger partial charge is 0.184 e. The first-order valence-electron chi connectivity index (χ1n) is 4.74. The van der Waals surface area contributed by atoms with Crippen LogP contribution >= 0.6 is 11.3 Å². The maximum atomic E-state index is 5.71. The first kappa shape index (κ1) is 8.30. The highest BCUT2D eigenvalue weighted by molar-refractivity contribution is 7.22. The predicted molar refractivity (Wildman–Crippen MR) is 61.7 cm³/mol. The highest BCUT2D eigenvalue weighted by Gasteiger charge is 2.22. The second kappa shape index (κ2) is 2.99. The van der Waals surface area contributed by atoms with Crippen LogP contribution in [-0.2, 0) is 0 Å². The minimum absolute atomic E-state index is 0.660. The number of hydrogen-bond acceptors (Lipinski definition) is 3. The van der Waals surface area contributed by atoms with E-state index >= 15 is 0 Å². The molecule has 14 heavy (non-hydrogen) atoms. The van der Waals surface area contributed by atoms with Crippen molar-refractivity contribution in [1.29, 1.82) is 0 Å². The Bertz CT molecular complexity index is 476. The summed E-state index contributed by atoms with van der Waals surface area (Å²) >= 11 is 1.68. The van der Waals surface area contributed by atoms with E-state index in [9.17, 15) is 0 Å². The van der Waals surface area contributed by atoms with E-state index in [1.54, 1.807) is 11.3 Å². The lowest BCUT2D eigenvalue weighted by molar-refractivity contribution is 1.14. The van der Waals surface area contributed by atoms with Crippen LogP contribution in [0.2, 0.25) is 0 Å². The normalized spacial score (nSPS) is 16.0. The molecule has 1 aromatic carbocycles. The maximum Gasteiger partial charge on any atom is 0.184 e. The zero-order chi connectivity index (χ0) is 9.54. The quantitative estimate of drug-likeness (QED) is 0.745. The van der Waals surface area contributed by atoms with Gasteiger partial charge in [0.2, 0.25) is 0 Å². The van der Waals surface area contributed by atoms with Crippen LogP contribution < -0.4 is 10.8 Å². The number of aromatic nitrogens is 1. The van der Waals surface area contributed by atoms with E-state index in [0.717, 1.165) is 20.8 Å². The van der Waals surface area contributed by atoms with Crippen LogP contribution in [0.4, 0.5) is 5.13 Å². The van der Waals surface area contributed by atoms with Crippen LogP contribution in [0.15, 0.2) is 18.2 Å². The molecule has 2 nitrogen and oxygen atoms in total. The van der Waals surface area contributed by atoms with Crippen molar-refractivity contribution in [2.75, 3.05) is 5.32 Å². The monoisotopic (exact) mass is 200 g/mol. The van der Waals surface area contributed by atoms with Gasteiger partial charge < -0.3 is 5.32 Å². The molecule has 2 aromatic rings. The summed E-state index contributed by atoms with van der Waals surface area (Å²) in [6.07, 6.45) is 2.55. The Morgan fingerprint density at radius 3 is 3.07 bits per heavy atom. The van der Waals surface area contributed by atoms with Gasteiger partial charge in [0.1, 0.15) is 7.85 Å². The molecule has 1 aliphatic carbocycles. The highest BCUT2D eigenvalue weighted by atomic mass is 32.1. The molecule has 0 atom stereocenters. The van der Waals surface area contributed by atoms with E-state index in [-0.39, 0.29) is 0 Å². The van der Waals surface area contributed by atoms with Crippen molar-refractivity contribution in [3.8, 4) is 0 Å². The number of fused-ring (bicyclic) bond motifs is 1. The number of thiazole rings is 1. The average Bonchev–Trinajstić information content (AvgIpc) is 2.84. The molecule has 0 aliphatic heterocycles. The van der Waals surface area contributed by atoms with E-state index in [1.807, 2.05) is 18.2 Å². The average molecular weight is 200 g/mol. The van der Waals surface area contributed by atoms with Gasteiger partial charge in [-0.2, -0.15) is 0 Å². The Labute approximate surface area is 87.8 Å². The van der Waals surface area contributed by atoms with Gasteiger partial charge in [-0.1, -0.05) is 22.9 Å². The van der Waals surface area contributed by atoms with Gasteiger partial charge in [0.25, 0.3) is 0 Å². The molecular formula is C10H9BN2S. The van der Waals surface area contributed by atoms with Gasteiger partial charge in [0.05, 0.1) is 10.2 Å². The molecule has 1 saturated carbocycles. The third-order valence-corrected chi connectivity index (χ3v) is 3.27. The second-order valence-electron chi connectivity index (χ2n) is 3.66. The summed E-state index contributed by atoms with van der Waals surface area (Å²) in [5.41, 5.74) is 1.84. The minimum atomic E-state index is 0.660. The molecule has 1 fully saturated rings. The molecule has 1 aromatic heterocycles. The zero-order valence-corrected chi connectivity index (χ0v) is 8.47. The first-order chi connectivity index (χ1) is 6.81.